The van der Waals surface area contributed by atoms with E-state index in [1.807, 2.05) is 48.7 Å². The Labute approximate surface area is 299 Å². The second-order valence-corrected chi connectivity index (χ2v) is 12.8. The Kier molecular flexibility index (Phi) is 6.76. The molecule has 242 valence electrons. The smallest absolute Gasteiger partial charge is 0.160 e. The second-order valence-electron chi connectivity index (χ2n) is 12.8. The fourth-order valence-corrected chi connectivity index (χ4v) is 7.45. The van der Waals surface area contributed by atoms with Crippen LogP contribution in [0.15, 0.2) is 170 Å². The van der Waals surface area contributed by atoms with Gasteiger partial charge in [-0.15, -0.1) is 0 Å². The van der Waals surface area contributed by atoms with Gasteiger partial charge in [-0.2, -0.15) is 5.26 Å². The number of rotatable bonds is 5. The number of pyridine rings is 1. The molecule has 52 heavy (non-hydrogen) atoms. The summed E-state index contributed by atoms with van der Waals surface area (Å²) in [6.45, 7) is 0. The molecule has 0 saturated carbocycles. The van der Waals surface area contributed by atoms with E-state index >= 15 is 0 Å². The van der Waals surface area contributed by atoms with Gasteiger partial charge in [0.1, 0.15) is 5.65 Å². The van der Waals surface area contributed by atoms with Gasteiger partial charge in [0.2, 0.25) is 0 Å². The van der Waals surface area contributed by atoms with Crippen LogP contribution in [-0.4, -0.2) is 24.1 Å². The van der Waals surface area contributed by atoms with Gasteiger partial charge in [-0.3, -0.25) is 4.57 Å². The average Bonchev–Trinajstić information content (AvgIpc) is 3.74. The minimum absolute atomic E-state index is 0.597. The van der Waals surface area contributed by atoms with E-state index in [9.17, 15) is 5.26 Å². The number of benzene rings is 6. The fourth-order valence-electron chi connectivity index (χ4n) is 7.45. The van der Waals surface area contributed by atoms with E-state index in [1.54, 1.807) is 12.1 Å². The summed E-state index contributed by atoms with van der Waals surface area (Å²) in [6, 6.07) is 58.2. The first kappa shape index (κ1) is 29.5. The molecule has 0 amide bonds. The van der Waals surface area contributed by atoms with Crippen molar-refractivity contribution in [3.05, 3.63) is 176 Å². The second kappa shape index (κ2) is 11.9. The van der Waals surface area contributed by atoms with Crippen molar-refractivity contribution in [3.8, 4) is 51.3 Å². The quantitative estimate of drug-likeness (QED) is 0.184. The molecule has 4 aromatic heterocycles. The molecule has 0 saturated heterocycles. The molecule has 0 bridgehead atoms. The zero-order valence-corrected chi connectivity index (χ0v) is 27.8. The first-order chi connectivity index (χ1) is 25.7. The summed E-state index contributed by atoms with van der Waals surface area (Å²) in [6.07, 6.45) is 1.87. The molecule has 10 aromatic rings. The van der Waals surface area contributed by atoms with Gasteiger partial charge < -0.3 is 4.57 Å². The first-order valence-electron chi connectivity index (χ1n) is 17.2. The SMILES string of the molecule is N#Cc1ccc(-c2nc(-c3ccccc3)cc(-c3ccc(-n4c5ncccc5c5ccc6c(c7ccccc7n6-c6ccccc6)c54)cc3)n2)cc1. The summed E-state index contributed by atoms with van der Waals surface area (Å²) < 4.78 is 4.66. The number of para-hydroxylation sites is 2. The minimum atomic E-state index is 0.597. The van der Waals surface area contributed by atoms with Crippen molar-refractivity contribution in [3.63, 3.8) is 0 Å². The summed E-state index contributed by atoms with van der Waals surface area (Å²) in [5, 5.41) is 14.0. The Morgan fingerprint density at radius 3 is 1.87 bits per heavy atom. The zero-order chi connectivity index (χ0) is 34.6. The van der Waals surface area contributed by atoms with E-state index < -0.39 is 0 Å². The standard InChI is InChI=1S/C46H28N6/c47-29-30-17-19-33(20-18-30)45-49-39(31-10-3-1-4-11-31)28-40(50-45)32-21-23-35(24-22-32)52-44-36(37-15-9-27-48-46(37)52)25-26-42-43(44)38-14-7-8-16-41(38)51(42)34-12-5-2-6-13-34/h1-28H. The van der Waals surface area contributed by atoms with Gasteiger partial charge in [0.15, 0.2) is 5.82 Å². The molecule has 0 atom stereocenters. The molecule has 0 aliphatic carbocycles. The van der Waals surface area contributed by atoms with Crippen LogP contribution in [0.1, 0.15) is 5.56 Å². The molecule has 4 heterocycles. The third-order valence-corrected chi connectivity index (χ3v) is 9.83. The molecular weight excluding hydrogens is 637 g/mol. The normalized spacial score (nSPS) is 11.4. The molecule has 0 spiro atoms. The van der Waals surface area contributed by atoms with Crippen molar-refractivity contribution in [2.24, 2.45) is 0 Å². The van der Waals surface area contributed by atoms with Crippen LogP contribution in [-0.2, 0) is 0 Å². The summed E-state index contributed by atoms with van der Waals surface area (Å²) >= 11 is 0. The van der Waals surface area contributed by atoms with Crippen molar-refractivity contribution in [2.75, 3.05) is 0 Å². The lowest BCUT2D eigenvalue weighted by atomic mass is 10.1. The van der Waals surface area contributed by atoms with Crippen LogP contribution in [0, 0.1) is 11.3 Å². The first-order valence-corrected chi connectivity index (χ1v) is 17.2. The van der Waals surface area contributed by atoms with Crippen LogP contribution in [0.5, 0.6) is 0 Å². The van der Waals surface area contributed by atoms with Crippen LogP contribution in [0.4, 0.5) is 0 Å². The average molecular weight is 665 g/mol. The summed E-state index contributed by atoms with van der Waals surface area (Å²) in [4.78, 5) is 14.9. The van der Waals surface area contributed by atoms with Gasteiger partial charge in [0.05, 0.1) is 39.6 Å². The lowest BCUT2D eigenvalue weighted by molar-refractivity contribution is 1.14. The maximum absolute atomic E-state index is 9.35. The topological polar surface area (TPSA) is 72.3 Å². The molecule has 6 aromatic carbocycles. The molecule has 0 aliphatic rings. The van der Waals surface area contributed by atoms with E-state index in [0.29, 0.717) is 11.4 Å². The largest absolute Gasteiger partial charge is 0.309 e. The van der Waals surface area contributed by atoms with E-state index in [0.717, 1.165) is 72.4 Å². The molecule has 0 N–H and O–H groups in total. The predicted octanol–water partition coefficient (Wildman–Crippen LogP) is 10.9. The highest BCUT2D eigenvalue weighted by Crippen LogP contribution is 2.41. The highest BCUT2D eigenvalue weighted by atomic mass is 15.1. The molecule has 6 nitrogen and oxygen atoms in total. The van der Waals surface area contributed by atoms with Crippen molar-refractivity contribution >= 4 is 43.7 Å². The van der Waals surface area contributed by atoms with Crippen LogP contribution in [0.25, 0.3) is 89.0 Å². The molecule has 10 rings (SSSR count). The number of hydrogen-bond acceptors (Lipinski definition) is 4. The Morgan fingerprint density at radius 1 is 0.481 bits per heavy atom. The Bertz CT molecular complexity index is 2990. The van der Waals surface area contributed by atoms with Crippen LogP contribution < -0.4 is 0 Å². The lowest BCUT2D eigenvalue weighted by Crippen LogP contribution is -1.98. The minimum Gasteiger partial charge on any atom is -0.309 e. The summed E-state index contributed by atoms with van der Waals surface area (Å²) in [5.74, 6) is 0.605. The molecule has 0 unspecified atom stereocenters. The van der Waals surface area contributed by atoms with Crippen molar-refractivity contribution in [1.82, 2.24) is 24.1 Å². The van der Waals surface area contributed by atoms with E-state index in [2.05, 4.69) is 124 Å². The van der Waals surface area contributed by atoms with E-state index in [1.165, 1.54) is 10.8 Å². The third kappa shape index (κ3) is 4.68. The summed E-state index contributed by atoms with van der Waals surface area (Å²) in [5.41, 5.74) is 11.5. The molecule has 0 aliphatic heterocycles. The highest BCUT2D eigenvalue weighted by Gasteiger charge is 2.21. The third-order valence-electron chi connectivity index (χ3n) is 9.83. The molecule has 0 fully saturated rings. The number of fused-ring (bicyclic) bond motifs is 7. The number of hydrogen-bond donors (Lipinski definition) is 0. The zero-order valence-electron chi connectivity index (χ0n) is 27.8. The van der Waals surface area contributed by atoms with Crippen molar-refractivity contribution in [1.29, 1.82) is 5.26 Å². The van der Waals surface area contributed by atoms with Crippen molar-refractivity contribution < 1.29 is 0 Å². The number of aromatic nitrogens is 5. The number of nitrogens with zero attached hydrogens (tertiary/aromatic N) is 6. The number of nitriles is 1. The van der Waals surface area contributed by atoms with Crippen LogP contribution in [0.3, 0.4) is 0 Å². The summed E-state index contributed by atoms with van der Waals surface area (Å²) in [7, 11) is 0. The Hall–Kier alpha value is -7.36. The van der Waals surface area contributed by atoms with E-state index in [-0.39, 0.29) is 0 Å². The van der Waals surface area contributed by atoms with Crippen molar-refractivity contribution in [2.45, 2.75) is 0 Å². The monoisotopic (exact) mass is 664 g/mol. The van der Waals surface area contributed by atoms with Gasteiger partial charge in [-0.1, -0.05) is 84.9 Å². The molecular formula is C46H28N6. The highest BCUT2D eigenvalue weighted by molar-refractivity contribution is 6.25. The maximum atomic E-state index is 9.35. The van der Waals surface area contributed by atoms with Crippen LogP contribution in [0.2, 0.25) is 0 Å². The molecule has 0 radical (unpaired) electrons. The predicted molar refractivity (Wildman–Crippen MR) is 210 cm³/mol. The maximum Gasteiger partial charge on any atom is 0.160 e. The fraction of sp³-hybridized carbons (Fsp3) is 0. The van der Waals surface area contributed by atoms with Gasteiger partial charge in [0.25, 0.3) is 0 Å². The Balaban J connectivity index is 1.18. The van der Waals surface area contributed by atoms with Gasteiger partial charge >= 0.3 is 0 Å². The lowest BCUT2D eigenvalue weighted by Gasteiger charge is -2.12. The molecule has 6 heteroatoms. The van der Waals surface area contributed by atoms with Crippen LogP contribution >= 0.6 is 0 Å². The van der Waals surface area contributed by atoms with Gasteiger partial charge in [-0.25, -0.2) is 15.0 Å². The Morgan fingerprint density at radius 2 is 1.12 bits per heavy atom. The van der Waals surface area contributed by atoms with E-state index in [4.69, 9.17) is 15.0 Å². The van der Waals surface area contributed by atoms with Gasteiger partial charge in [0, 0.05) is 55.8 Å². The van der Waals surface area contributed by atoms with Gasteiger partial charge in [-0.05, 0) is 78.9 Å².